The Bertz CT molecular complexity index is 782. The molecule has 0 aliphatic rings. The SMILES string of the molecule is Cc1ccc(NC(=O)c2cccc(C(=O)NC(C)(C)C)n2)cc1Br. The fourth-order valence-corrected chi connectivity index (χ4v) is 2.34. The molecule has 2 N–H and O–H groups in total. The summed E-state index contributed by atoms with van der Waals surface area (Å²) in [5, 5.41) is 5.60. The molecule has 0 spiro atoms. The number of nitrogens with zero attached hydrogens (tertiary/aromatic N) is 1. The Morgan fingerprint density at radius 1 is 1.04 bits per heavy atom. The van der Waals surface area contributed by atoms with Crippen molar-refractivity contribution in [1.82, 2.24) is 10.3 Å². The summed E-state index contributed by atoms with van der Waals surface area (Å²) >= 11 is 3.43. The number of pyridine rings is 1. The standard InChI is InChI=1S/C18H20BrN3O2/c1-11-8-9-12(10-13(11)19)20-16(23)14-6-5-7-15(21-14)17(24)22-18(2,3)4/h5-10H,1-4H3,(H,20,23)(H,22,24). The van der Waals surface area contributed by atoms with E-state index in [2.05, 4.69) is 31.5 Å². The minimum Gasteiger partial charge on any atom is -0.346 e. The summed E-state index contributed by atoms with van der Waals surface area (Å²) in [6, 6.07) is 10.3. The van der Waals surface area contributed by atoms with Crippen molar-refractivity contribution in [3.8, 4) is 0 Å². The van der Waals surface area contributed by atoms with Crippen LogP contribution in [0.1, 0.15) is 47.3 Å². The number of carbonyl (C=O) groups is 2. The monoisotopic (exact) mass is 389 g/mol. The highest BCUT2D eigenvalue weighted by atomic mass is 79.9. The Balaban J connectivity index is 2.16. The third-order valence-corrected chi connectivity index (χ3v) is 3.99. The molecule has 0 atom stereocenters. The van der Waals surface area contributed by atoms with Gasteiger partial charge in [-0.1, -0.05) is 28.1 Å². The molecule has 0 saturated heterocycles. The van der Waals surface area contributed by atoms with Gasteiger partial charge in [-0.05, 0) is 57.5 Å². The second-order valence-electron chi connectivity index (χ2n) is 6.53. The van der Waals surface area contributed by atoms with Crippen molar-refractivity contribution in [1.29, 1.82) is 0 Å². The number of benzene rings is 1. The molecule has 0 radical (unpaired) electrons. The number of aryl methyl sites for hydroxylation is 1. The van der Waals surface area contributed by atoms with Gasteiger partial charge in [0, 0.05) is 15.7 Å². The van der Waals surface area contributed by atoms with E-state index in [0.29, 0.717) is 5.69 Å². The molecule has 2 aromatic rings. The lowest BCUT2D eigenvalue weighted by Gasteiger charge is -2.20. The molecule has 0 aliphatic heterocycles. The first kappa shape index (κ1) is 18.1. The van der Waals surface area contributed by atoms with Crippen molar-refractivity contribution in [3.05, 3.63) is 57.8 Å². The number of halogens is 1. The lowest BCUT2D eigenvalue weighted by Crippen LogP contribution is -2.41. The zero-order valence-electron chi connectivity index (χ0n) is 14.1. The van der Waals surface area contributed by atoms with E-state index in [-0.39, 0.29) is 28.7 Å². The summed E-state index contributed by atoms with van der Waals surface area (Å²) in [6.45, 7) is 7.62. The molecule has 6 heteroatoms. The van der Waals surface area contributed by atoms with Crippen LogP contribution in [0.5, 0.6) is 0 Å². The molecular formula is C18H20BrN3O2. The van der Waals surface area contributed by atoms with Crippen LogP contribution in [0.4, 0.5) is 5.69 Å². The molecule has 126 valence electrons. The van der Waals surface area contributed by atoms with Crippen LogP contribution in [0.25, 0.3) is 0 Å². The van der Waals surface area contributed by atoms with Crippen molar-refractivity contribution in [2.45, 2.75) is 33.2 Å². The Kier molecular flexibility index (Phi) is 5.39. The van der Waals surface area contributed by atoms with Crippen LogP contribution in [0.3, 0.4) is 0 Å². The third-order valence-electron chi connectivity index (χ3n) is 3.13. The van der Waals surface area contributed by atoms with Gasteiger partial charge in [0.25, 0.3) is 11.8 Å². The summed E-state index contributed by atoms with van der Waals surface area (Å²) in [6.07, 6.45) is 0. The largest absolute Gasteiger partial charge is 0.346 e. The van der Waals surface area contributed by atoms with Crippen molar-refractivity contribution in [2.75, 3.05) is 5.32 Å². The summed E-state index contributed by atoms with van der Waals surface area (Å²) in [5.74, 6) is -0.675. The molecule has 1 aromatic heterocycles. The Hall–Kier alpha value is -2.21. The van der Waals surface area contributed by atoms with Gasteiger partial charge in [-0.2, -0.15) is 0 Å². The molecule has 1 heterocycles. The quantitative estimate of drug-likeness (QED) is 0.834. The number of hydrogen-bond donors (Lipinski definition) is 2. The molecule has 0 bridgehead atoms. The van der Waals surface area contributed by atoms with E-state index >= 15 is 0 Å². The van der Waals surface area contributed by atoms with Crippen LogP contribution in [0.15, 0.2) is 40.9 Å². The van der Waals surface area contributed by atoms with E-state index in [1.807, 2.05) is 45.9 Å². The van der Waals surface area contributed by atoms with E-state index in [0.717, 1.165) is 10.0 Å². The van der Waals surface area contributed by atoms with E-state index in [9.17, 15) is 9.59 Å². The number of amides is 2. The van der Waals surface area contributed by atoms with Gasteiger partial charge in [-0.15, -0.1) is 0 Å². The lowest BCUT2D eigenvalue weighted by atomic mass is 10.1. The van der Waals surface area contributed by atoms with Crippen LogP contribution in [0, 0.1) is 6.92 Å². The molecule has 0 aliphatic carbocycles. The van der Waals surface area contributed by atoms with Gasteiger partial charge in [0.05, 0.1) is 0 Å². The van der Waals surface area contributed by atoms with Gasteiger partial charge in [-0.3, -0.25) is 9.59 Å². The van der Waals surface area contributed by atoms with Crippen LogP contribution in [-0.2, 0) is 0 Å². The number of anilines is 1. The fraction of sp³-hybridized carbons (Fsp3) is 0.278. The summed E-state index contributed by atoms with van der Waals surface area (Å²) in [4.78, 5) is 28.7. The predicted molar refractivity (Wildman–Crippen MR) is 98.3 cm³/mol. The number of aromatic nitrogens is 1. The molecule has 0 unspecified atom stereocenters. The van der Waals surface area contributed by atoms with E-state index in [4.69, 9.17) is 0 Å². The first-order valence-corrected chi connectivity index (χ1v) is 8.32. The topological polar surface area (TPSA) is 71.1 Å². The first-order valence-electron chi connectivity index (χ1n) is 7.53. The molecule has 24 heavy (non-hydrogen) atoms. The second kappa shape index (κ2) is 7.13. The lowest BCUT2D eigenvalue weighted by molar-refractivity contribution is 0.0914. The second-order valence-corrected chi connectivity index (χ2v) is 7.38. The number of hydrogen-bond acceptors (Lipinski definition) is 3. The fourth-order valence-electron chi connectivity index (χ4n) is 1.96. The van der Waals surface area contributed by atoms with E-state index in [1.165, 1.54) is 0 Å². The molecular weight excluding hydrogens is 370 g/mol. The molecule has 5 nitrogen and oxygen atoms in total. The van der Waals surface area contributed by atoms with Crippen LogP contribution >= 0.6 is 15.9 Å². The maximum atomic E-state index is 12.3. The van der Waals surface area contributed by atoms with Crippen molar-refractivity contribution < 1.29 is 9.59 Å². The normalized spacial score (nSPS) is 11.0. The van der Waals surface area contributed by atoms with Gasteiger partial charge >= 0.3 is 0 Å². The van der Waals surface area contributed by atoms with Crippen LogP contribution < -0.4 is 10.6 Å². The summed E-state index contributed by atoms with van der Waals surface area (Å²) in [7, 11) is 0. The molecule has 2 amide bonds. The predicted octanol–water partition coefficient (Wildman–Crippen LogP) is 3.93. The average Bonchev–Trinajstić information content (AvgIpc) is 2.49. The zero-order valence-corrected chi connectivity index (χ0v) is 15.7. The number of nitrogens with one attached hydrogen (secondary N) is 2. The zero-order chi connectivity index (χ0) is 17.9. The smallest absolute Gasteiger partial charge is 0.274 e. The minimum atomic E-state index is -0.370. The minimum absolute atomic E-state index is 0.188. The molecule has 1 aromatic carbocycles. The maximum absolute atomic E-state index is 12.3. The number of rotatable bonds is 3. The molecule has 0 fully saturated rings. The van der Waals surface area contributed by atoms with Gasteiger partial charge in [0.1, 0.15) is 11.4 Å². The summed E-state index contributed by atoms with van der Waals surface area (Å²) < 4.78 is 0.909. The van der Waals surface area contributed by atoms with Crippen LogP contribution in [-0.4, -0.2) is 22.3 Å². The van der Waals surface area contributed by atoms with Crippen molar-refractivity contribution >= 4 is 33.4 Å². The van der Waals surface area contributed by atoms with Gasteiger partial charge in [0.15, 0.2) is 0 Å². The maximum Gasteiger partial charge on any atom is 0.274 e. The Morgan fingerprint density at radius 2 is 1.67 bits per heavy atom. The van der Waals surface area contributed by atoms with Gasteiger partial charge in [-0.25, -0.2) is 4.98 Å². The first-order chi connectivity index (χ1) is 11.2. The third kappa shape index (κ3) is 4.89. The Morgan fingerprint density at radius 3 is 2.25 bits per heavy atom. The highest BCUT2D eigenvalue weighted by Gasteiger charge is 2.18. The van der Waals surface area contributed by atoms with Gasteiger partial charge < -0.3 is 10.6 Å². The highest BCUT2D eigenvalue weighted by Crippen LogP contribution is 2.21. The highest BCUT2D eigenvalue weighted by molar-refractivity contribution is 9.10. The van der Waals surface area contributed by atoms with Crippen molar-refractivity contribution in [2.24, 2.45) is 0 Å². The average molecular weight is 390 g/mol. The van der Waals surface area contributed by atoms with E-state index < -0.39 is 0 Å². The molecule has 0 saturated carbocycles. The number of carbonyl (C=O) groups excluding carboxylic acids is 2. The van der Waals surface area contributed by atoms with Crippen LogP contribution in [0.2, 0.25) is 0 Å². The molecule has 2 rings (SSSR count). The summed E-state index contributed by atoms with van der Waals surface area (Å²) in [5.41, 5.74) is 1.76. The Labute approximate surface area is 150 Å². The van der Waals surface area contributed by atoms with E-state index in [1.54, 1.807) is 18.2 Å². The van der Waals surface area contributed by atoms with Gasteiger partial charge in [0.2, 0.25) is 0 Å². The van der Waals surface area contributed by atoms with Crippen molar-refractivity contribution in [3.63, 3.8) is 0 Å².